The zero-order valence-electron chi connectivity index (χ0n) is 11.0. The molecule has 0 saturated carbocycles. The molecule has 2 heterocycles. The Bertz CT molecular complexity index is 586. The molecule has 0 bridgehead atoms. The summed E-state index contributed by atoms with van der Waals surface area (Å²) in [4.78, 5) is 18.8. The van der Waals surface area contributed by atoms with Gasteiger partial charge in [0.25, 0.3) is 0 Å². The highest BCUT2D eigenvalue weighted by Crippen LogP contribution is 2.19. The van der Waals surface area contributed by atoms with E-state index in [0.717, 1.165) is 37.2 Å². The first kappa shape index (κ1) is 12.2. The minimum absolute atomic E-state index is 0.171. The van der Waals surface area contributed by atoms with Gasteiger partial charge in [0.05, 0.1) is 17.4 Å². The molecule has 0 radical (unpaired) electrons. The Morgan fingerprint density at radius 3 is 2.84 bits per heavy atom. The average molecular weight is 258 g/mol. The zero-order chi connectivity index (χ0) is 13.2. The van der Waals surface area contributed by atoms with Crippen molar-refractivity contribution < 1.29 is 4.79 Å². The van der Waals surface area contributed by atoms with E-state index in [1.54, 1.807) is 6.33 Å². The molecule has 1 N–H and O–H groups in total. The van der Waals surface area contributed by atoms with Gasteiger partial charge in [0.1, 0.15) is 6.04 Å². The molecule has 1 atom stereocenters. The summed E-state index contributed by atoms with van der Waals surface area (Å²) in [5.41, 5.74) is 1.95. The molecule has 1 fully saturated rings. The summed E-state index contributed by atoms with van der Waals surface area (Å²) in [5.74, 6) is 0.171. The predicted octanol–water partition coefficient (Wildman–Crippen LogP) is 1.03. The number of benzene rings is 1. The Kier molecular flexibility index (Phi) is 3.21. The maximum absolute atomic E-state index is 12.5. The number of aromatic nitrogens is 2. The van der Waals surface area contributed by atoms with Crippen LogP contribution in [0.5, 0.6) is 0 Å². The van der Waals surface area contributed by atoms with Gasteiger partial charge < -0.3 is 14.8 Å². The van der Waals surface area contributed by atoms with Crippen LogP contribution in [0.4, 0.5) is 0 Å². The molecule has 2 aromatic rings. The highest BCUT2D eigenvalue weighted by Gasteiger charge is 2.24. The van der Waals surface area contributed by atoms with Gasteiger partial charge in [-0.05, 0) is 19.1 Å². The van der Waals surface area contributed by atoms with Gasteiger partial charge in [0, 0.05) is 26.2 Å². The number of hydrogen-bond acceptors (Lipinski definition) is 3. The lowest BCUT2D eigenvalue weighted by molar-refractivity contribution is -0.134. The fourth-order valence-electron chi connectivity index (χ4n) is 2.56. The molecular formula is C14H18N4O. The quantitative estimate of drug-likeness (QED) is 0.875. The molecule has 0 spiro atoms. The standard InChI is InChI=1S/C14H18N4O/c1-11(14(19)17-8-6-15-7-9-17)18-10-16-12-4-2-3-5-13(12)18/h2-5,10-11,15H,6-9H2,1H3. The van der Waals surface area contributed by atoms with Crippen LogP contribution in [0.15, 0.2) is 30.6 Å². The largest absolute Gasteiger partial charge is 0.338 e. The van der Waals surface area contributed by atoms with Crippen molar-refractivity contribution in [1.29, 1.82) is 0 Å². The highest BCUT2D eigenvalue weighted by molar-refractivity contribution is 5.83. The van der Waals surface area contributed by atoms with Crippen LogP contribution < -0.4 is 5.32 Å². The van der Waals surface area contributed by atoms with Crippen LogP contribution in [0.1, 0.15) is 13.0 Å². The van der Waals surface area contributed by atoms with E-state index in [-0.39, 0.29) is 11.9 Å². The smallest absolute Gasteiger partial charge is 0.245 e. The van der Waals surface area contributed by atoms with Gasteiger partial charge in [-0.2, -0.15) is 0 Å². The average Bonchev–Trinajstić information content (AvgIpc) is 2.90. The topological polar surface area (TPSA) is 50.2 Å². The number of para-hydroxylation sites is 2. The summed E-state index contributed by atoms with van der Waals surface area (Å²) in [6.07, 6.45) is 1.76. The van der Waals surface area contributed by atoms with E-state index in [2.05, 4.69) is 10.3 Å². The van der Waals surface area contributed by atoms with E-state index >= 15 is 0 Å². The third-order valence-corrected chi connectivity index (χ3v) is 3.68. The minimum Gasteiger partial charge on any atom is -0.338 e. The van der Waals surface area contributed by atoms with Crippen molar-refractivity contribution in [2.24, 2.45) is 0 Å². The van der Waals surface area contributed by atoms with E-state index in [0.29, 0.717) is 0 Å². The molecule has 5 nitrogen and oxygen atoms in total. The monoisotopic (exact) mass is 258 g/mol. The van der Waals surface area contributed by atoms with Crippen molar-refractivity contribution in [2.45, 2.75) is 13.0 Å². The molecule has 0 aliphatic carbocycles. The number of imidazole rings is 1. The van der Waals surface area contributed by atoms with Gasteiger partial charge in [-0.1, -0.05) is 12.1 Å². The van der Waals surface area contributed by atoms with Gasteiger partial charge in [-0.15, -0.1) is 0 Å². The number of carbonyl (C=O) groups excluding carboxylic acids is 1. The molecule has 5 heteroatoms. The first-order valence-corrected chi connectivity index (χ1v) is 6.68. The number of fused-ring (bicyclic) bond motifs is 1. The molecule has 1 aromatic heterocycles. The molecule has 1 amide bonds. The Labute approximate surface area is 112 Å². The van der Waals surface area contributed by atoms with Crippen LogP contribution in [0.25, 0.3) is 11.0 Å². The molecule has 3 rings (SSSR count). The van der Waals surface area contributed by atoms with Gasteiger partial charge in [-0.25, -0.2) is 4.98 Å². The first-order chi connectivity index (χ1) is 9.27. The van der Waals surface area contributed by atoms with E-state index in [1.165, 1.54) is 0 Å². The highest BCUT2D eigenvalue weighted by atomic mass is 16.2. The second kappa shape index (κ2) is 5.01. The lowest BCUT2D eigenvalue weighted by Crippen LogP contribution is -2.48. The van der Waals surface area contributed by atoms with Crippen LogP contribution in [0, 0.1) is 0 Å². The Morgan fingerprint density at radius 2 is 2.05 bits per heavy atom. The molecule has 1 unspecified atom stereocenters. The number of nitrogens with one attached hydrogen (secondary N) is 1. The van der Waals surface area contributed by atoms with Gasteiger partial charge in [0.2, 0.25) is 5.91 Å². The SMILES string of the molecule is CC(C(=O)N1CCNCC1)n1cnc2ccccc21. The summed E-state index contributed by atoms with van der Waals surface area (Å²) < 4.78 is 1.96. The van der Waals surface area contributed by atoms with Crippen LogP contribution in [0.2, 0.25) is 0 Å². The number of rotatable bonds is 2. The van der Waals surface area contributed by atoms with E-state index in [4.69, 9.17) is 0 Å². The van der Waals surface area contributed by atoms with Crippen molar-refractivity contribution in [3.63, 3.8) is 0 Å². The number of nitrogens with zero attached hydrogens (tertiary/aromatic N) is 3. The van der Waals surface area contributed by atoms with E-state index < -0.39 is 0 Å². The molecule has 1 aliphatic heterocycles. The summed E-state index contributed by atoms with van der Waals surface area (Å²) >= 11 is 0. The number of amides is 1. The number of hydrogen-bond donors (Lipinski definition) is 1. The minimum atomic E-state index is -0.203. The van der Waals surface area contributed by atoms with Crippen molar-refractivity contribution >= 4 is 16.9 Å². The molecule has 100 valence electrons. The van der Waals surface area contributed by atoms with Crippen molar-refractivity contribution in [3.8, 4) is 0 Å². The van der Waals surface area contributed by atoms with Crippen LogP contribution >= 0.6 is 0 Å². The summed E-state index contributed by atoms with van der Waals surface area (Å²) in [6.45, 7) is 5.27. The van der Waals surface area contributed by atoms with E-state index in [9.17, 15) is 4.79 Å². The number of carbonyl (C=O) groups is 1. The lowest BCUT2D eigenvalue weighted by atomic mass is 10.2. The zero-order valence-corrected chi connectivity index (χ0v) is 11.0. The van der Waals surface area contributed by atoms with Crippen LogP contribution in [-0.4, -0.2) is 46.5 Å². The maximum Gasteiger partial charge on any atom is 0.245 e. The maximum atomic E-state index is 12.5. The van der Waals surface area contributed by atoms with Gasteiger partial charge in [0.15, 0.2) is 0 Å². The molecule has 19 heavy (non-hydrogen) atoms. The van der Waals surface area contributed by atoms with Crippen LogP contribution in [0.3, 0.4) is 0 Å². The van der Waals surface area contributed by atoms with Crippen molar-refractivity contribution in [1.82, 2.24) is 19.8 Å². The Balaban J connectivity index is 1.86. The predicted molar refractivity (Wildman–Crippen MR) is 73.9 cm³/mol. The summed E-state index contributed by atoms with van der Waals surface area (Å²) in [6, 6.07) is 7.70. The third kappa shape index (κ3) is 2.21. The molecular weight excluding hydrogens is 240 g/mol. The molecule has 1 saturated heterocycles. The second-order valence-electron chi connectivity index (χ2n) is 4.89. The van der Waals surface area contributed by atoms with Gasteiger partial charge >= 0.3 is 0 Å². The molecule has 1 aromatic carbocycles. The summed E-state index contributed by atoms with van der Waals surface area (Å²) in [7, 11) is 0. The number of piperazine rings is 1. The van der Waals surface area contributed by atoms with Crippen LogP contribution in [-0.2, 0) is 4.79 Å². The van der Waals surface area contributed by atoms with E-state index in [1.807, 2.05) is 40.7 Å². The second-order valence-corrected chi connectivity index (χ2v) is 4.89. The summed E-state index contributed by atoms with van der Waals surface area (Å²) in [5, 5.41) is 3.26. The van der Waals surface area contributed by atoms with Crippen molar-refractivity contribution in [2.75, 3.05) is 26.2 Å². The normalized spacial score (nSPS) is 17.6. The van der Waals surface area contributed by atoms with Gasteiger partial charge in [-0.3, -0.25) is 4.79 Å². The first-order valence-electron chi connectivity index (χ1n) is 6.68. The fourth-order valence-corrected chi connectivity index (χ4v) is 2.56. The van der Waals surface area contributed by atoms with Crippen molar-refractivity contribution in [3.05, 3.63) is 30.6 Å². The fraction of sp³-hybridized carbons (Fsp3) is 0.429. The lowest BCUT2D eigenvalue weighted by Gasteiger charge is -2.30. The molecule has 1 aliphatic rings. The Morgan fingerprint density at radius 1 is 1.32 bits per heavy atom. The Hall–Kier alpha value is -1.88. The third-order valence-electron chi connectivity index (χ3n) is 3.68.